The molecule has 2 amide bonds. The number of fused-ring (bicyclic) bond motifs is 1. The standard InChI is InChI=1S/C22H22N4O3/c27-21(25-8-10-26(11-9-25)22(28)20-7-12-29-20)16-3-1-15(2-4-16)17-5-6-18-19(13-17)24-14-23-18/h1-6,13-14,20H,7-12H2,(H,23,24). The van der Waals surface area contributed by atoms with E-state index in [9.17, 15) is 9.59 Å². The Morgan fingerprint density at radius 3 is 2.34 bits per heavy atom. The van der Waals surface area contributed by atoms with Gasteiger partial charge in [-0.25, -0.2) is 4.98 Å². The second kappa shape index (κ2) is 7.33. The van der Waals surface area contributed by atoms with Crippen molar-refractivity contribution in [3.63, 3.8) is 0 Å². The number of carbonyl (C=O) groups excluding carboxylic acids is 2. The van der Waals surface area contributed by atoms with E-state index in [1.165, 1.54) is 0 Å². The van der Waals surface area contributed by atoms with Crippen LogP contribution in [0.4, 0.5) is 0 Å². The first-order valence-electron chi connectivity index (χ1n) is 9.92. The van der Waals surface area contributed by atoms with Crippen LogP contribution in [0.3, 0.4) is 0 Å². The number of hydrogen-bond donors (Lipinski definition) is 1. The number of nitrogens with one attached hydrogen (secondary N) is 1. The molecule has 5 rings (SSSR count). The van der Waals surface area contributed by atoms with Gasteiger partial charge in [-0.05, 0) is 35.4 Å². The molecular weight excluding hydrogens is 368 g/mol. The molecule has 1 atom stereocenters. The molecule has 148 valence electrons. The highest BCUT2D eigenvalue weighted by Crippen LogP contribution is 2.24. The van der Waals surface area contributed by atoms with Crippen LogP contribution in [0.1, 0.15) is 16.8 Å². The average molecular weight is 390 g/mol. The van der Waals surface area contributed by atoms with Crippen LogP contribution in [-0.2, 0) is 9.53 Å². The maximum Gasteiger partial charge on any atom is 0.253 e. The number of imidazole rings is 1. The highest BCUT2D eigenvalue weighted by Gasteiger charge is 2.33. The summed E-state index contributed by atoms with van der Waals surface area (Å²) >= 11 is 0. The molecule has 0 radical (unpaired) electrons. The number of amides is 2. The van der Waals surface area contributed by atoms with Gasteiger partial charge in [0.15, 0.2) is 0 Å². The van der Waals surface area contributed by atoms with E-state index in [4.69, 9.17) is 4.74 Å². The van der Waals surface area contributed by atoms with Gasteiger partial charge in [0.1, 0.15) is 6.10 Å². The summed E-state index contributed by atoms with van der Waals surface area (Å²) in [5, 5.41) is 0. The van der Waals surface area contributed by atoms with Crippen LogP contribution in [0.15, 0.2) is 48.8 Å². The van der Waals surface area contributed by atoms with E-state index in [0.29, 0.717) is 38.3 Å². The van der Waals surface area contributed by atoms with Gasteiger partial charge >= 0.3 is 0 Å². The fraction of sp³-hybridized carbons (Fsp3) is 0.318. The Bertz CT molecular complexity index is 1050. The number of hydrogen-bond acceptors (Lipinski definition) is 4. The van der Waals surface area contributed by atoms with E-state index in [0.717, 1.165) is 28.6 Å². The molecule has 7 heteroatoms. The maximum atomic E-state index is 12.8. The summed E-state index contributed by atoms with van der Waals surface area (Å²) in [5.74, 6) is 0.0644. The number of piperazine rings is 1. The SMILES string of the molecule is O=C(c1ccc(-c2ccc3nc[nH]c3c2)cc1)N1CCN(C(=O)C2CCO2)CC1. The minimum atomic E-state index is -0.272. The molecule has 1 aromatic heterocycles. The van der Waals surface area contributed by atoms with Gasteiger partial charge in [0, 0.05) is 38.2 Å². The van der Waals surface area contributed by atoms with E-state index < -0.39 is 0 Å². The van der Waals surface area contributed by atoms with Crippen LogP contribution in [0, 0.1) is 0 Å². The third-order valence-corrected chi connectivity index (χ3v) is 5.74. The fourth-order valence-corrected chi connectivity index (χ4v) is 3.87. The summed E-state index contributed by atoms with van der Waals surface area (Å²) in [6.07, 6.45) is 2.21. The Kier molecular flexibility index (Phi) is 4.52. The second-order valence-electron chi connectivity index (χ2n) is 7.48. The smallest absolute Gasteiger partial charge is 0.253 e. The molecule has 2 saturated heterocycles. The van der Waals surface area contributed by atoms with Crippen molar-refractivity contribution in [3.05, 3.63) is 54.4 Å². The highest BCUT2D eigenvalue weighted by atomic mass is 16.5. The lowest BCUT2D eigenvalue weighted by Crippen LogP contribution is -2.54. The number of ether oxygens (including phenoxy) is 1. The van der Waals surface area contributed by atoms with Gasteiger partial charge in [-0.2, -0.15) is 0 Å². The summed E-state index contributed by atoms with van der Waals surface area (Å²) in [5.41, 5.74) is 4.71. The third-order valence-electron chi connectivity index (χ3n) is 5.74. The van der Waals surface area contributed by atoms with Crippen molar-refractivity contribution in [1.29, 1.82) is 0 Å². The first-order chi connectivity index (χ1) is 14.2. The predicted molar refractivity (Wildman–Crippen MR) is 108 cm³/mol. The number of carbonyl (C=O) groups is 2. The first-order valence-corrected chi connectivity index (χ1v) is 9.92. The maximum absolute atomic E-state index is 12.8. The van der Waals surface area contributed by atoms with Crippen molar-refractivity contribution in [3.8, 4) is 11.1 Å². The highest BCUT2D eigenvalue weighted by molar-refractivity contribution is 5.95. The van der Waals surface area contributed by atoms with Crippen molar-refractivity contribution in [1.82, 2.24) is 19.8 Å². The van der Waals surface area contributed by atoms with Crippen LogP contribution in [0.5, 0.6) is 0 Å². The summed E-state index contributed by atoms with van der Waals surface area (Å²) in [4.78, 5) is 36.1. The van der Waals surface area contributed by atoms with E-state index in [-0.39, 0.29) is 17.9 Å². The number of aromatic nitrogens is 2. The molecule has 0 spiro atoms. The molecule has 2 aromatic carbocycles. The van der Waals surface area contributed by atoms with Gasteiger partial charge in [0.05, 0.1) is 24.0 Å². The second-order valence-corrected chi connectivity index (χ2v) is 7.48. The number of H-pyrrole nitrogens is 1. The van der Waals surface area contributed by atoms with Crippen molar-refractivity contribution >= 4 is 22.8 Å². The van der Waals surface area contributed by atoms with Gasteiger partial charge in [-0.15, -0.1) is 0 Å². The Balaban J connectivity index is 1.24. The third kappa shape index (κ3) is 3.38. The Morgan fingerprint density at radius 2 is 1.66 bits per heavy atom. The van der Waals surface area contributed by atoms with E-state index in [2.05, 4.69) is 16.0 Å². The molecule has 2 aliphatic heterocycles. The van der Waals surface area contributed by atoms with Crippen LogP contribution < -0.4 is 0 Å². The lowest BCUT2D eigenvalue weighted by Gasteiger charge is -2.38. The van der Waals surface area contributed by atoms with Crippen molar-refractivity contribution in [2.45, 2.75) is 12.5 Å². The Labute approximate surface area is 168 Å². The minimum absolute atomic E-state index is 0.00700. The molecule has 29 heavy (non-hydrogen) atoms. The number of aromatic amines is 1. The van der Waals surface area contributed by atoms with Crippen LogP contribution in [0.25, 0.3) is 22.2 Å². The largest absolute Gasteiger partial charge is 0.368 e. The molecule has 0 saturated carbocycles. The molecule has 3 aromatic rings. The monoisotopic (exact) mass is 390 g/mol. The number of nitrogens with zero attached hydrogens (tertiary/aromatic N) is 3. The molecule has 3 heterocycles. The zero-order chi connectivity index (χ0) is 19.8. The van der Waals surface area contributed by atoms with Crippen LogP contribution in [0.2, 0.25) is 0 Å². The van der Waals surface area contributed by atoms with E-state index >= 15 is 0 Å². The van der Waals surface area contributed by atoms with Gasteiger partial charge in [-0.3, -0.25) is 9.59 Å². The molecule has 0 bridgehead atoms. The van der Waals surface area contributed by atoms with Gasteiger partial charge < -0.3 is 19.5 Å². The topological polar surface area (TPSA) is 78.5 Å². The normalized spacial score (nSPS) is 19.2. The number of benzene rings is 2. The lowest BCUT2D eigenvalue weighted by atomic mass is 10.0. The summed E-state index contributed by atoms with van der Waals surface area (Å²) in [6, 6.07) is 13.7. The zero-order valence-electron chi connectivity index (χ0n) is 16.0. The summed E-state index contributed by atoms with van der Waals surface area (Å²) in [6.45, 7) is 2.89. The molecule has 2 aliphatic rings. The molecular formula is C22H22N4O3. The lowest BCUT2D eigenvalue weighted by molar-refractivity contribution is -0.157. The van der Waals surface area contributed by atoms with Gasteiger partial charge in [0.2, 0.25) is 0 Å². The van der Waals surface area contributed by atoms with Crippen molar-refractivity contribution in [2.24, 2.45) is 0 Å². The zero-order valence-corrected chi connectivity index (χ0v) is 16.0. The molecule has 1 N–H and O–H groups in total. The molecule has 7 nitrogen and oxygen atoms in total. The summed E-state index contributed by atoms with van der Waals surface area (Å²) in [7, 11) is 0. The Hall–Kier alpha value is -3.19. The molecule has 0 aliphatic carbocycles. The van der Waals surface area contributed by atoms with Gasteiger partial charge in [0.25, 0.3) is 11.8 Å². The van der Waals surface area contributed by atoms with Crippen LogP contribution in [-0.4, -0.2) is 70.5 Å². The first kappa shape index (κ1) is 17.9. The Morgan fingerprint density at radius 1 is 0.966 bits per heavy atom. The van der Waals surface area contributed by atoms with Gasteiger partial charge in [-0.1, -0.05) is 18.2 Å². The van der Waals surface area contributed by atoms with Crippen LogP contribution >= 0.6 is 0 Å². The van der Waals surface area contributed by atoms with Crippen molar-refractivity contribution in [2.75, 3.05) is 32.8 Å². The quantitative estimate of drug-likeness (QED) is 0.744. The minimum Gasteiger partial charge on any atom is -0.368 e. The average Bonchev–Trinajstić information content (AvgIpc) is 3.20. The van der Waals surface area contributed by atoms with E-state index in [1.807, 2.05) is 46.2 Å². The predicted octanol–water partition coefficient (Wildman–Crippen LogP) is 2.30. The fourth-order valence-electron chi connectivity index (χ4n) is 3.87. The summed E-state index contributed by atoms with van der Waals surface area (Å²) < 4.78 is 5.28. The molecule has 2 fully saturated rings. The number of rotatable bonds is 3. The molecule has 1 unspecified atom stereocenters. The van der Waals surface area contributed by atoms with Crippen molar-refractivity contribution < 1.29 is 14.3 Å². The van der Waals surface area contributed by atoms with E-state index in [1.54, 1.807) is 6.33 Å².